The van der Waals surface area contributed by atoms with Crippen molar-refractivity contribution in [2.45, 2.75) is 57.2 Å². The Morgan fingerprint density at radius 3 is 2.92 bits per heavy atom. The molecule has 2 N–H and O–H groups in total. The third kappa shape index (κ3) is 3.90. The zero-order valence-electron chi connectivity index (χ0n) is 14.6. The Morgan fingerprint density at radius 2 is 2.21 bits per heavy atom. The summed E-state index contributed by atoms with van der Waals surface area (Å²) in [6, 6.07) is 6.50. The van der Waals surface area contributed by atoms with E-state index >= 15 is 0 Å². The Bertz CT molecular complexity index is 590. The van der Waals surface area contributed by atoms with Crippen LogP contribution in [-0.2, 0) is 11.2 Å². The fraction of sp³-hybridized carbons (Fsp3) is 0.632. The Hall–Kier alpha value is -1.59. The van der Waals surface area contributed by atoms with Gasteiger partial charge in [0.05, 0.1) is 19.6 Å². The van der Waals surface area contributed by atoms with Crippen LogP contribution in [0.3, 0.4) is 0 Å². The summed E-state index contributed by atoms with van der Waals surface area (Å²) in [4.78, 5) is 14.8. The minimum Gasteiger partial charge on any atom is -0.496 e. The van der Waals surface area contributed by atoms with Crippen LogP contribution >= 0.6 is 0 Å². The van der Waals surface area contributed by atoms with Crippen molar-refractivity contribution in [3.8, 4) is 5.75 Å². The molecule has 24 heavy (non-hydrogen) atoms. The van der Waals surface area contributed by atoms with Gasteiger partial charge in [-0.15, -0.1) is 0 Å². The number of methoxy groups -OCH3 is 1. The highest BCUT2D eigenvalue weighted by Gasteiger charge is 2.36. The first-order chi connectivity index (χ1) is 11.6. The lowest BCUT2D eigenvalue weighted by molar-refractivity contribution is -0.121. The van der Waals surface area contributed by atoms with Crippen molar-refractivity contribution < 1.29 is 14.6 Å². The minimum absolute atomic E-state index is 0.0672. The predicted molar refractivity (Wildman–Crippen MR) is 93.2 cm³/mol. The van der Waals surface area contributed by atoms with Crippen LogP contribution in [0.4, 0.5) is 0 Å². The summed E-state index contributed by atoms with van der Waals surface area (Å²) in [6.45, 7) is 3.68. The lowest BCUT2D eigenvalue weighted by Crippen LogP contribution is -2.48. The van der Waals surface area contributed by atoms with Crippen molar-refractivity contribution in [3.05, 3.63) is 29.3 Å². The lowest BCUT2D eigenvalue weighted by Gasteiger charge is -2.29. The van der Waals surface area contributed by atoms with E-state index in [2.05, 4.69) is 10.2 Å². The Morgan fingerprint density at radius 1 is 1.38 bits per heavy atom. The Kier molecular flexibility index (Phi) is 5.41. The molecule has 0 aromatic heterocycles. The lowest BCUT2D eigenvalue weighted by atomic mass is 10.1. The van der Waals surface area contributed by atoms with E-state index in [4.69, 9.17) is 4.74 Å². The highest BCUT2D eigenvalue weighted by molar-refractivity contribution is 5.79. The number of aliphatic hydroxyl groups excluding tert-OH is 1. The molecule has 2 aliphatic rings. The topological polar surface area (TPSA) is 61.8 Å². The highest BCUT2D eigenvalue weighted by atomic mass is 16.5. The van der Waals surface area contributed by atoms with Crippen molar-refractivity contribution in [1.29, 1.82) is 0 Å². The molecule has 0 bridgehead atoms. The molecular weight excluding hydrogens is 304 g/mol. The molecule has 1 unspecified atom stereocenters. The first kappa shape index (κ1) is 17.2. The van der Waals surface area contributed by atoms with E-state index in [1.165, 1.54) is 0 Å². The summed E-state index contributed by atoms with van der Waals surface area (Å²) in [6.07, 6.45) is 4.29. The maximum Gasteiger partial charge on any atom is 0.224 e. The van der Waals surface area contributed by atoms with Crippen molar-refractivity contribution in [2.24, 2.45) is 0 Å². The van der Waals surface area contributed by atoms with E-state index in [-0.39, 0.29) is 18.1 Å². The number of benzene rings is 1. The molecule has 3 atom stereocenters. The molecule has 1 aromatic rings. The van der Waals surface area contributed by atoms with Crippen LogP contribution in [0, 0.1) is 6.92 Å². The summed E-state index contributed by atoms with van der Waals surface area (Å²) in [7, 11) is 1.65. The van der Waals surface area contributed by atoms with Gasteiger partial charge in [0.25, 0.3) is 0 Å². The number of nitrogens with zero attached hydrogens (tertiary/aromatic N) is 1. The molecule has 1 saturated heterocycles. The van der Waals surface area contributed by atoms with Gasteiger partial charge in [-0.25, -0.2) is 0 Å². The van der Waals surface area contributed by atoms with E-state index in [0.29, 0.717) is 12.5 Å². The molecular formula is C19H28N2O3. The maximum absolute atomic E-state index is 12.5. The number of carbonyl (C=O) groups is 1. The second kappa shape index (κ2) is 7.53. The van der Waals surface area contributed by atoms with Gasteiger partial charge in [0.1, 0.15) is 5.75 Å². The van der Waals surface area contributed by atoms with Crippen LogP contribution in [0.25, 0.3) is 0 Å². The SMILES string of the molecule is COc1cc(CC(=O)N[C@@H]2CCC[C@@H]2N2CCC(O)C2)ccc1C. The fourth-order valence-corrected chi connectivity index (χ4v) is 4.03. The fourth-order valence-electron chi connectivity index (χ4n) is 4.03. The van der Waals surface area contributed by atoms with Crippen LogP contribution in [0.1, 0.15) is 36.8 Å². The number of likely N-dealkylation sites (tertiary alicyclic amines) is 1. The maximum atomic E-state index is 12.5. The monoisotopic (exact) mass is 332 g/mol. The molecule has 0 radical (unpaired) electrons. The molecule has 1 saturated carbocycles. The first-order valence-corrected chi connectivity index (χ1v) is 8.92. The third-order valence-electron chi connectivity index (χ3n) is 5.33. The van der Waals surface area contributed by atoms with Crippen molar-refractivity contribution in [1.82, 2.24) is 10.2 Å². The average molecular weight is 332 g/mol. The number of aryl methyl sites for hydroxylation is 1. The first-order valence-electron chi connectivity index (χ1n) is 8.92. The summed E-state index contributed by atoms with van der Waals surface area (Å²) < 4.78 is 5.33. The summed E-state index contributed by atoms with van der Waals surface area (Å²) >= 11 is 0. The molecule has 1 amide bonds. The van der Waals surface area contributed by atoms with Crippen molar-refractivity contribution >= 4 is 5.91 Å². The quantitative estimate of drug-likeness (QED) is 0.861. The molecule has 1 aliphatic carbocycles. The van der Waals surface area contributed by atoms with Gasteiger partial charge < -0.3 is 15.2 Å². The summed E-state index contributed by atoms with van der Waals surface area (Å²) in [5.41, 5.74) is 2.05. The van der Waals surface area contributed by atoms with Gasteiger partial charge in [-0.2, -0.15) is 0 Å². The number of hydrogen-bond acceptors (Lipinski definition) is 4. The standard InChI is InChI=1S/C19H28N2O3/c1-13-6-7-14(10-18(13)24-2)11-19(23)20-16-4-3-5-17(16)21-9-8-15(22)12-21/h6-7,10,15-17,22H,3-5,8-9,11-12H2,1-2H3,(H,20,23)/t15?,16-,17+/m1/s1. The number of β-amino-alcohol motifs (C(OH)–C–C–N with tert-alkyl or cyclic N) is 1. The second-order valence-electron chi connectivity index (χ2n) is 7.09. The summed E-state index contributed by atoms with van der Waals surface area (Å²) in [5.74, 6) is 0.891. The van der Waals surface area contributed by atoms with E-state index in [1.54, 1.807) is 7.11 Å². The number of nitrogens with one attached hydrogen (secondary N) is 1. The highest BCUT2D eigenvalue weighted by Crippen LogP contribution is 2.27. The molecule has 5 heteroatoms. The van der Waals surface area contributed by atoms with Gasteiger partial charge in [-0.05, 0) is 49.8 Å². The number of hydrogen-bond donors (Lipinski definition) is 2. The minimum atomic E-state index is -0.207. The van der Waals surface area contributed by atoms with Gasteiger partial charge >= 0.3 is 0 Å². The van der Waals surface area contributed by atoms with Crippen LogP contribution in [-0.4, -0.2) is 54.3 Å². The Balaban J connectivity index is 1.58. The zero-order chi connectivity index (χ0) is 17.1. The molecule has 1 aliphatic heterocycles. The molecule has 1 heterocycles. The van der Waals surface area contributed by atoms with Crippen LogP contribution in [0.5, 0.6) is 5.75 Å². The van der Waals surface area contributed by atoms with Crippen LogP contribution in [0.2, 0.25) is 0 Å². The molecule has 0 spiro atoms. The van der Waals surface area contributed by atoms with Gasteiger partial charge in [0.2, 0.25) is 5.91 Å². The normalized spacial score (nSPS) is 27.4. The number of amides is 1. The molecule has 132 valence electrons. The van der Waals surface area contributed by atoms with Gasteiger partial charge in [0, 0.05) is 25.2 Å². The van der Waals surface area contributed by atoms with Crippen LogP contribution < -0.4 is 10.1 Å². The zero-order valence-corrected chi connectivity index (χ0v) is 14.6. The molecule has 1 aromatic carbocycles. The molecule has 2 fully saturated rings. The average Bonchev–Trinajstić information content (AvgIpc) is 3.17. The Labute approximate surface area is 144 Å². The number of aliphatic hydroxyl groups is 1. The molecule has 5 nitrogen and oxygen atoms in total. The number of carbonyl (C=O) groups excluding carboxylic acids is 1. The third-order valence-corrected chi connectivity index (χ3v) is 5.33. The number of ether oxygens (including phenoxy) is 1. The van der Waals surface area contributed by atoms with E-state index in [0.717, 1.165) is 55.6 Å². The molecule has 3 rings (SSSR count). The van der Waals surface area contributed by atoms with Gasteiger partial charge in [-0.1, -0.05) is 12.1 Å². The van der Waals surface area contributed by atoms with E-state index in [1.807, 2.05) is 25.1 Å². The second-order valence-corrected chi connectivity index (χ2v) is 7.09. The van der Waals surface area contributed by atoms with Crippen LogP contribution in [0.15, 0.2) is 18.2 Å². The summed E-state index contributed by atoms with van der Waals surface area (Å²) in [5, 5.41) is 13.0. The predicted octanol–water partition coefficient (Wildman–Crippen LogP) is 1.65. The van der Waals surface area contributed by atoms with Gasteiger partial charge in [-0.3, -0.25) is 9.69 Å². The van der Waals surface area contributed by atoms with Gasteiger partial charge in [0.15, 0.2) is 0 Å². The smallest absolute Gasteiger partial charge is 0.224 e. The van der Waals surface area contributed by atoms with Crippen molar-refractivity contribution in [3.63, 3.8) is 0 Å². The van der Waals surface area contributed by atoms with E-state index < -0.39 is 0 Å². The van der Waals surface area contributed by atoms with Crippen molar-refractivity contribution in [2.75, 3.05) is 20.2 Å². The van der Waals surface area contributed by atoms with E-state index in [9.17, 15) is 9.90 Å². The largest absolute Gasteiger partial charge is 0.496 e. The number of rotatable bonds is 5.